The van der Waals surface area contributed by atoms with Crippen LogP contribution < -0.4 is 10.5 Å². The van der Waals surface area contributed by atoms with Gasteiger partial charge in [-0.1, -0.05) is 24.8 Å². The van der Waals surface area contributed by atoms with E-state index >= 15 is 0 Å². The summed E-state index contributed by atoms with van der Waals surface area (Å²) >= 11 is 0. The third-order valence-corrected chi connectivity index (χ3v) is 2.64. The SMILES string of the molecule is C=C(C)COc1ccccc1-c1cnn(C)c1N. The highest BCUT2D eigenvalue weighted by molar-refractivity contribution is 5.78. The van der Waals surface area contributed by atoms with E-state index in [-0.39, 0.29) is 0 Å². The molecule has 1 aromatic carbocycles. The first-order chi connectivity index (χ1) is 8.59. The molecule has 0 aliphatic carbocycles. The van der Waals surface area contributed by atoms with Crippen molar-refractivity contribution in [3.05, 3.63) is 42.6 Å². The van der Waals surface area contributed by atoms with Crippen LogP contribution in [0.15, 0.2) is 42.6 Å². The molecule has 18 heavy (non-hydrogen) atoms. The van der Waals surface area contributed by atoms with Gasteiger partial charge in [-0.15, -0.1) is 0 Å². The first-order valence-corrected chi connectivity index (χ1v) is 5.73. The van der Waals surface area contributed by atoms with Gasteiger partial charge in [0.1, 0.15) is 18.2 Å². The number of rotatable bonds is 4. The van der Waals surface area contributed by atoms with Gasteiger partial charge < -0.3 is 10.5 Å². The molecule has 0 fully saturated rings. The van der Waals surface area contributed by atoms with Crippen LogP contribution in [0.25, 0.3) is 11.1 Å². The molecule has 0 unspecified atom stereocenters. The Labute approximate surface area is 107 Å². The zero-order chi connectivity index (χ0) is 13.1. The highest BCUT2D eigenvalue weighted by Crippen LogP contribution is 2.33. The maximum absolute atomic E-state index is 5.99. The van der Waals surface area contributed by atoms with Crippen molar-refractivity contribution < 1.29 is 4.74 Å². The zero-order valence-electron chi connectivity index (χ0n) is 10.7. The van der Waals surface area contributed by atoms with Gasteiger partial charge in [0, 0.05) is 18.2 Å². The first-order valence-electron chi connectivity index (χ1n) is 5.73. The molecule has 2 N–H and O–H groups in total. The molecular weight excluding hydrogens is 226 g/mol. The number of hydrogen-bond acceptors (Lipinski definition) is 3. The number of ether oxygens (including phenoxy) is 1. The van der Waals surface area contributed by atoms with Crippen LogP contribution >= 0.6 is 0 Å². The topological polar surface area (TPSA) is 53.1 Å². The number of hydrogen-bond donors (Lipinski definition) is 1. The van der Waals surface area contributed by atoms with Crippen LogP contribution in [0.1, 0.15) is 6.92 Å². The molecule has 0 radical (unpaired) electrons. The molecule has 0 amide bonds. The Balaban J connectivity index is 2.38. The Kier molecular flexibility index (Phi) is 3.37. The summed E-state index contributed by atoms with van der Waals surface area (Å²) in [6, 6.07) is 7.78. The van der Waals surface area contributed by atoms with Crippen molar-refractivity contribution in [1.29, 1.82) is 0 Å². The molecule has 0 aliphatic heterocycles. The molecule has 2 aromatic rings. The van der Waals surface area contributed by atoms with E-state index < -0.39 is 0 Å². The van der Waals surface area contributed by atoms with Gasteiger partial charge in [0.25, 0.3) is 0 Å². The summed E-state index contributed by atoms with van der Waals surface area (Å²) in [6.07, 6.45) is 1.75. The standard InChI is InChI=1S/C14H17N3O/c1-10(2)9-18-13-7-5-4-6-11(13)12-8-16-17(3)14(12)15/h4-8H,1,9,15H2,2-3H3. The van der Waals surface area contributed by atoms with Gasteiger partial charge in [0.05, 0.1) is 6.20 Å². The van der Waals surface area contributed by atoms with E-state index in [0.29, 0.717) is 12.4 Å². The summed E-state index contributed by atoms with van der Waals surface area (Å²) in [6.45, 7) is 6.26. The summed E-state index contributed by atoms with van der Waals surface area (Å²) in [4.78, 5) is 0. The van der Waals surface area contributed by atoms with Crippen LogP contribution in [-0.4, -0.2) is 16.4 Å². The fourth-order valence-electron chi connectivity index (χ4n) is 1.67. The van der Waals surface area contributed by atoms with Crippen molar-refractivity contribution in [3.8, 4) is 16.9 Å². The minimum absolute atomic E-state index is 0.497. The number of nitrogens with two attached hydrogens (primary N) is 1. The molecule has 1 heterocycles. The van der Waals surface area contributed by atoms with Gasteiger partial charge in [-0.05, 0) is 18.6 Å². The third kappa shape index (κ3) is 2.37. The van der Waals surface area contributed by atoms with E-state index in [4.69, 9.17) is 10.5 Å². The number of nitrogen functional groups attached to an aromatic ring is 1. The van der Waals surface area contributed by atoms with Gasteiger partial charge >= 0.3 is 0 Å². The quantitative estimate of drug-likeness (QED) is 0.840. The summed E-state index contributed by atoms with van der Waals surface area (Å²) in [5.41, 5.74) is 8.80. The number of anilines is 1. The Morgan fingerprint density at radius 2 is 2.11 bits per heavy atom. The van der Waals surface area contributed by atoms with Crippen molar-refractivity contribution in [1.82, 2.24) is 9.78 Å². The predicted molar refractivity (Wildman–Crippen MR) is 73.4 cm³/mol. The largest absolute Gasteiger partial charge is 0.489 e. The summed E-state index contributed by atoms with van der Waals surface area (Å²) < 4.78 is 7.37. The molecular formula is C14H17N3O. The second-order valence-electron chi connectivity index (χ2n) is 4.31. The molecule has 4 heteroatoms. The maximum atomic E-state index is 5.99. The van der Waals surface area contributed by atoms with Crippen LogP contribution in [0.4, 0.5) is 5.82 Å². The Morgan fingerprint density at radius 1 is 1.39 bits per heavy atom. The second-order valence-corrected chi connectivity index (χ2v) is 4.31. The summed E-state index contributed by atoms with van der Waals surface area (Å²) in [7, 11) is 1.82. The second kappa shape index (κ2) is 4.96. The molecule has 94 valence electrons. The highest BCUT2D eigenvalue weighted by atomic mass is 16.5. The average Bonchev–Trinajstić information content (AvgIpc) is 2.68. The monoisotopic (exact) mass is 243 g/mol. The molecule has 0 aliphatic rings. The lowest BCUT2D eigenvalue weighted by molar-refractivity contribution is 0.354. The van der Waals surface area contributed by atoms with Crippen LogP contribution in [0.2, 0.25) is 0 Å². The lowest BCUT2D eigenvalue weighted by Gasteiger charge is -2.10. The molecule has 0 saturated carbocycles. The lowest BCUT2D eigenvalue weighted by atomic mass is 10.1. The van der Waals surface area contributed by atoms with Gasteiger partial charge in [-0.2, -0.15) is 5.10 Å². The smallest absolute Gasteiger partial charge is 0.129 e. The normalized spacial score (nSPS) is 10.3. The number of nitrogens with zero attached hydrogens (tertiary/aromatic N) is 2. The van der Waals surface area contributed by atoms with Crippen molar-refractivity contribution in [2.24, 2.45) is 7.05 Å². The zero-order valence-corrected chi connectivity index (χ0v) is 10.7. The summed E-state index contributed by atoms with van der Waals surface area (Å²) in [5.74, 6) is 1.42. The van der Waals surface area contributed by atoms with Crippen molar-refractivity contribution >= 4 is 5.82 Å². The van der Waals surface area contributed by atoms with E-state index in [1.54, 1.807) is 10.9 Å². The Bertz CT molecular complexity index is 572. The minimum atomic E-state index is 0.497. The van der Waals surface area contributed by atoms with Gasteiger partial charge in [-0.3, -0.25) is 4.68 Å². The van der Waals surface area contributed by atoms with Crippen molar-refractivity contribution in [2.75, 3.05) is 12.3 Å². The van der Waals surface area contributed by atoms with Gasteiger partial charge in [0.2, 0.25) is 0 Å². The Hall–Kier alpha value is -2.23. The fraction of sp³-hybridized carbons (Fsp3) is 0.214. The van der Waals surface area contributed by atoms with E-state index in [2.05, 4.69) is 11.7 Å². The van der Waals surface area contributed by atoms with Gasteiger partial charge in [0.15, 0.2) is 0 Å². The molecule has 2 rings (SSSR count). The van der Waals surface area contributed by atoms with Gasteiger partial charge in [-0.25, -0.2) is 0 Å². The molecule has 0 bridgehead atoms. The lowest BCUT2D eigenvalue weighted by Crippen LogP contribution is -2.01. The van der Waals surface area contributed by atoms with Crippen LogP contribution in [0, 0.1) is 0 Å². The first kappa shape index (κ1) is 12.2. The maximum Gasteiger partial charge on any atom is 0.129 e. The van der Waals surface area contributed by atoms with E-state index in [1.165, 1.54) is 0 Å². The van der Waals surface area contributed by atoms with Crippen molar-refractivity contribution in [2.45, 2.75) is 6.92 Å². The predicted octanol–water partition coefficient (Wildman–Crippen LogP) is 2.62. The molecule has 0 spiro atoms. The molecule has 4 nitrogen and oxygen atoms in total. The number of aryl methyl sites for hydroxylation is 1. The van der Waals surface area contributed by atoms with Crippen LogP contribution in [0.5, 0.6) is 5.75 Å². The van der Waals surface area contributed by atoms with Crippen LogP contribution in [0.3, 0.4) is 0 Å². The third-order valence-electron chi connectivity index (χ3n) is 2.64. The van der Waals surface area contributed by atoms with E-state index in [0.717, 1.165) is 22.4 Å². The van der Waals surface area contributed by atoms with E-state index in [9.17, 15) is 0 Å². The molecule has 1 aromatic heterocycles. The highest BCUT2D eigenvalue weighted by Gasteiger charge is 2.12. The Morgan fingerprint density at radius 3 is 2.72 bits per heavy atom. The minimum Gasteiger partial charge on any atom is -0.489 e. The van der Waals surface area contributed by atoms with Crippen molar-refractivity contribution in [3.63, 3.8) is 0 Å². The fourth-order valence-corrected chi connectivity index (χ4v) is 1.67. The molecule has 0 atom stereocenters. The number of aromatic nitrogens is 2. The van der Waals surface area contributed by atoms with Crippen LogP contribution in [-0.2, 0) is 7.05 Å². The average molecular weight is 243 g/mol. The summed E-state index contributed by atoms with van der Waals surface area (Å²) in [5, 5.41) is 4.15. The molecule has 0 saturated heterocycles. The number of para-hydroxylation sites is 1. The van der Waals surface area contributed by atoms with E-state index in [1.807, 2.05) is 38.2 Å². The number of benzene rings is 1.